The van der Waals surface area contributed by atoms with E-state index < -0.39 is 17.2 Å². The summed E-state index contributed by atoms with van der Waals surface area (Å²) < 4.78 is 0. The molecule has 0 spiro atoms. The van der Waals surface area contributed by atoms with E-state index in [1.165, 1.54) is 0 Å². The van der Waals surface area contributed by atoms with Crippen LogP contribution < -0.4 is 10.6 Å². The smallest absolute Gasteiger partial charge is 0.239 e. The lowest BCUT2D eigenvalue weighted by molar-refractivity contribution is -0.135. The van der Waals surface area contributed by atoms with Gasteiger partial charge in [0, 0.05) is 21.4 Å². The van der Waals surface area contributed by atoms with Crippen LogP contribution in [0.25, 0.3) is 0 Å². The number of carbonyl (C=O) groups is 2. The molecule has 0 bridgehead atoms. The van der Waals surface area contributed by atoms with E-state index in [2.05, 4.69) is 10.6 Å². The second kappa shape index (κ2) is 7.24. The average molecular weight is 365 g/mol. The molecule has 2 rings (SSSR count). The predicted octanol–water partition coefficient (Wildman–Crippen LogP) is 4.91. The quantitative estimate of drug-likeness (QED) is 0.757. The summed E-state index contributed by atoms with van der Waals surface area (Å²) in [6.07, 6.45) is 0. The lowest BCUT2D eigenvalue weighted by Crippen LogP contribution is -2.41. The van der Waals surface area contributed by atoms with Crippen LogP contribution in [0.5, 0.6) is 0 Å². The largest absolute Gasteiger partial charge is 0.325 e. The Balaban J connectivity index is 2.12. The van der Waals surface area contributed by atoms with Crippen molar-refractivity contribution in [3.63, 3.8) is 0 Å². The first kappa shape index (κ1) is 18.3. The molecule has 0 heterocycles. The van der Waals surface area contributed by atoms with E-state index in [0.717, 1.165) is 5.56 Å². The van der Waals surface area contributed by atoms with Gasteiger partial charge in [-0.1, -0.05) is 29.3 Å². The van der Waals surface area contributed by atoms with Crippen LogP contribution in [0.4, 0.5) is 11.4 Å². The van der Waals surface area contributed by atoms with Gasteiger partial charge in [0.2, 0.25) is 11.8 Å². The molecule has 4 nitrogen and oxygen atoms in total. The number of benzene rings is 2. The van der Waals surface area contributed by atoms with Crippen molar-refractivity contribution in [2.24, 2.45) is 5.41 Å². The Morgan fingerprint density at radius 1 is 0.917 bits per heavy atom. The van der Waals surface area contributed by atoms with Crippen LogP contribution in [0.15, 0.2) is 42.5 Å². The summed E-state index contributed by atoms with van der Waals surface area (Å²) >= 11 is 11.9. The number of rotatable bonds is 4. The summed E-state index contributed by atoms with van der Waals surface area (Å²) in [6, 6.07) is 11.9. The first-order valence-corrected chi connectivity index (χ1v) is 8.11. The number of amides is 2. The summed E-state index contributed by atoms with van der Waals surface area (Å²) in [5.41, 5.74) is 0.638. The minimum atomic E-state index is -1.27. The van der Waals surface area contributed by atoms with Crippen molar-refractivity contribution in [2.45, 2.75) is 20.8 Å². The Bertz CT molecular complexity index is 771. The third-order valence-corrected chi connectivity index (χ3v) is 4.41. The molecule has 2 aromatic carbocycles. The van der Waals surface area contributed by atoms with Crippen LogP contribution in [0.1, 0.15) is 19.4 Å². The molecular weight excluding hydrogens is 347 g/mol. The maximum absolute atomic E-state index is 12.5. The van der Waals surface area contributed by atoms with Gasteiger partial charge in [-0.25, -0.2) is 0 Å². The fraction of sp³-hybridized carbons (Fsp3) is 0.222. The summed E-state index contributed by atoms with van der Waals surface area (Å²) in [7, 11) is 0. The summed E-state index contributed by atoms with van der Waals surface area (Å²) in [5, 5.41) is 6.60. The van der Waals surface area contributed by atoms with E-state index in [9.17, 15) is 9.59 Å². The molecule has 126 valence electrons. The molecule has 0 radical (unpaired) electrons. The standard InChI is InChI=1S/C18H18Cl2N2O2/c1-11-14(20)5-4-6-15(11)22-17(24)18(2,3)16(23)21-13-9-7-12(19)8-10-13/h4-10H,1-3H3,(H,21,23)(H,22,24). The van der Waals surface area contributed by atoms with Gasteiger partial charge >= 0.3 is 0 Å². The number of halogens is 2. The Hall–Kier alpha value is -2.04. The van der Waals surface area contributed by atoms with Crippen LogP contribution in [0.2, 0.25) is 10.0 Å². The van der Waals surface area contributed by atoms with Crippen molar-refractivity contribution in [3.05, 3.63) is 58.1 Å². The van der Waals surface area contributed by atoms with Crippen LogP contribution >= 0.6 is 23.2 Å². The van der Waals surface area contributed by atoms with Crippen LogP contribution in [-0.2, 0) is 9.59 Å². The normalized spacial score (nSPS) is 11.0. The topological polar surface area (TPSA) is 58.2 Å². The van der Waals surface area contributed by atoms with Gasteiger partial charge in [0.1, 0.15) is 5.41 Å². The Labute approximate surface area is 151 Å². The molecule has 2 amide bonds. The molecule has 0 saturated carbocycles. The number of anilines is 2. The first-order chi connectivity index (χ1) is 11.2. The molecule has 0 unspecified atom stereocenters. The molecular formula is C18H18Cl2N2O2. The first-order valence-electron chi connectivity index (χ1n) is 7.35. The number of nitrogens with one attached hydrogen (secondary N) is 2. The van der Waals surface area contributed by atoms with Crippen LogP contribution in [0, 0.1) is 12.3 Å². The van der Waals surface area contributed by atoms with Gasteiger partial charge in [-0.15, -0.1) is 0 Å². The van der Waals surface area contributed by atoms with Crippen LogP contribution in [-0.4, -0.2) is 11.8 Å². The van der Waals surface area contributed by atoms with Gasteiger partial charge in [0.25, 0.3) is 0 Å². The molecule has 6 heteroatoms. The van der Waals surface area contributed by atoms with Crippen molar-refractivity contribution >= 4 is 46.4 Å². The lowest BCUT2D eigenvalue weighted by atomic mass is 9.90. The van der Waals surface area contributed by atoms with E-state index in [4.69, 9.17) is 23.2 Å². The maximum atomic E-state index is 12.5. The molecule has 0 aliphatic rings. The van der Waals surface area contributed by atoms with Crippen molar-refractivity contribution < 1.29 is 9.59 Å². The second-order valence-electron chi connectivity index (χ2n) is 5.95. The molecule has 0 aliphatic heterocycles. The highest BCUT2D eigenvalue weighted by atomic mass is 35.5. The monoisotopic (exact) mass is 364 g/mol. The van der Waals surface area contributed by atoms with Crippen molar-refractivity contribution in [1.29, 1.82) is 0 Å². The summed E-state index contributed by atoms with van der Waals surface area (Å²) in [4.78, 5) is 25.0. The average Bonchev–Trinajstić information content (AvgIpc) is 2.53. The van der Waals surface area contributed by atoms with Gasteiger partial charge in [0.15, 0.2) is 0 Å². The second-order valence-corrected chi connectivity index (χ2v) is 6.80. The predicted molar refractivity (Wildman–Crippen MR) is 98.7 cm³/mol. The molecule has 2 N–H and O–H groups in total. The van der Waals surface area contributed by atoms with E-state index in [1.807, 2.05) is 0 Å². The molecule has 0 atom stereocenters. The molecule has 2 aromatic rings. The highest BCUT2D eigenvalue weighted by Gasteiger charge is 2.36. The van der Waals surface area contributed by atoms with E-state index >= 15 is 0 Å². The minimum Gasteiger partial charge on any atom is -0.325 e. The Morgan fingerprint density at radius 3 is 2.12 bits per heavy atom. The maximum Gasteiger partial charge on any atom is 0.239 e. The summed E-state index contributed by atoms with van der Waals surface area (Å²) in [6.45, 7) is 4.93. The molecule has 0 fully saturated rings. The fourth-order valence-electron chi connectivity index (χ4n) is 1.95. The third-order valence-electron chi connectivity index (χ3n) is 3.75. The van der Waals surface area contributed by atoms with Crippen molar-refractivity contribution in [3.8, 4) is 0 Å². The third kappa shape index (κ3) is 4.08. The van der Waals surface area contributed by atoms with Crippen molar-refractivity contribution in [1.82, 2.24) is 0 Å². The van der Waals surface area contributed by atoms with Gasteiger partial charge in [-0.2, -0.15) is 0 Å². The number of hydrogen-bond acceptors (Lipinski definition) is 2. The molecule has 0 saturated heterocycles. The van der Waals surface area contributed by atoms with Gasteiger partial charge in [-0.05, 0) is 62.7 Å². The van der Waals surface area contributed by atoms with Crippen LogP contribution in [0.3, 0.4) is 0 Å². The van der Waals surface area contributed by atoms with Crippen molar-refractivity contribution in [2.75, 3.05) is 10.6 Å². The lowest BCUT2D eigenvalue weighted by Gasteiger charge is -2.23. The number of carbonyl (C=O) groups excluding carboxylic acids is 2. The number of hydrogen-bond donors (Lipinski definition) is 2. The fourth-order valence-corrected chi connectivity index (χ4v) is 2.25. The Kier molecular flexibility index (Phi) is 5.52. The zero-order chi connectivity index (χ0) is 17.9. The molecule has 0 aliphatic carbocycles. The minimum absolute atomic E-state index is 0.415. The van der Waals surface area contributed by atoms with Gasteiger partial charge < -0.3 is 10.6 Å². The van der Waals surface area contributed by atoms with E-state index in [-0.39, 0.29) is 0 Å². The zero-order valence-electron chi connectivity index (χ0n) is 13.6. The SMILES string of the molecule is Cc1c(Cl)cccc1NC(=O)C(C)(C)C(=O)Nc1ccc(Cl)cc1. The van der Waals surface area contributed by atoms with Gasteiger partial charge in [0.05, 0.1) is 0 Å². The summed E-state index contributed by atoms with van der Waals surface area (Å²) in [5.74, 6) is -0.832. The zero-order valence-corrected chi connectivity index (χ0v) is 15.1. The highest BCUT2D eigenvalue weighted by Crippen LogP contribution is 2.26. The van der Waals surface area contributed by atoms with E-state index in [1.54, 1.807) is 63.2 Å². The Morgan fingerprint density at radius 2 is 1.50 bits per heavy atom. The molecule has 0 aromatic heterocycles. The highest BCUT2D eigenvalue weighted by molar-refractivity contribution is 6.32. The van der Waals surface area contributed by atoms with Gasteiger partial charge in [-0.3, -0.25) is 9.59 Å². The van der Waals surface area contributed by atoms with E-state index in [0.29, 0.717) is 21.4 Å². The molecule has 24 heavy (non-hydrogen) atoms.